The van der Waals surface area contributed by atoms with Crippen LogP contribution in [0.15, 0.2) is 0 Å². The molecule has 0 spiro atoms. The van der Waals surface area contributed by atoms with Gasteiger partial charge < -0.3 is 10.2 Å². The number of hydrogen-bond donors (Lipinski definition) is 1. The topological polar surface area (TPSA) is 32.3 Å². The molecule has 1 atom stereocenters. The number of hydrogen-bond acceptors (Lipinski definition) is 2. The summed E-state index contributed by atoms with van der Waals surface area (Å²) in [6.07, 6.45) is 5.48. The van der Waals surface area contributed by atoms with E-state index in [1.165, 1.54) is 12.8 Å². The Kier molecular flexibility index (Phi) is 2.77. The molecule has 14 heavy (non-hydrogen) atoms. The maximum atomic E-state index is 12.3. The molecule has 0 aromatic rings. The molecule has 2 aliphatic heterocycles. The monoisotopic (exact) mass is 196 g/mol. The highest BCUT2D eigenvalue weighted by Gasteiger charge is 2.42. The van der Waals surface area contributed by atoms with Crippen LogP contribution in [-0.4, -0.2) is 36.0 Å². The second kappa shape index (κ2) is 3.89. The number of nitrogens with zero attached hydrogens (tertiary/aromatic N) is 1. The molecule has 1 amide bonds. The molecular formula is C11H20N2O. The molecular weight excluding hydrogens is 176 g/mol. The third kappa shape index (κ3) is 1.54. The Labute approximate surface area is 85.8 Å². The molecule has 2 rings (SSSR count). The van der Waals surface area contributed by atoms with Gasteiger partial charge in [0.15, 0.2) is 0 Å². The fourth-order valence-electron chi connectivity index (χ4n) is 2.66. The van der Waals surface area contributed by atoms with Gasteiger partial charge in [-0.3, -0.25) is 4.79 Å². The van der Waals surface area contributed by atoms with Crippen LogP contribution in [0.3, 0.4) is 0 Å². The van der Waals surface area contributed by atoms with Gasteiger partial charge >= 0.3 is 0 Å². The van der Waals surface area contributed by atoms with Gasteiger partial charge in [0.05, 0.1) is 5.54 Å². The van der Waals surface area contributed by atoms with Crippen molar-refractivity contribution in [2.24, 2.45) is 0 Å². The predicted molar refractivity (Wildman–Crippen MR) is 56.1 cm³/mol. The Bertz CT molecular complexity index is 215. The lowest BCUT2D eigenvalue weighted by atomic mass is 9.92. The van der Waals surface area contributed by atoms with Gasteiger partial charge in [0.25, 0.3) is 0 Å². The largest absolute Gasteiger partial charge is 0.341 e. The SMILES string of the molecule is CCC1(C(=O)N2CCCC2)CCCN1. The predicted octanol–water partition coefficient (Wildman–Crippen LogP) is 1.14. The Morgan fingerprint density at radius 2 is 2.07 bits per heavy atom. The molecule has 3 heteroatoms. The Hall–Kier alpha value is -0.570. The van der Waals surface area contributed by atoms with E-state index in [1.54, 1.807) is 0 Å². The van der Waals surface area contributed by atoms with E-state index in [2.05, 4.69) is 12.2 Å². The van der Waals surface area contributed by atoms with Crippen molar-refractivity contribution in [2.75, 3.05) is 19.6 Å². The second-order valence-electron chi connectivity index (χ2n) is 4.47. The average molecular weight is 196 g/mol. The summed E-state index contributed by atoms with van der Waals surface area (Å²) < 4.78 is 0. The first-order valence-electron chi connectivity index (χ1n) is 5.83. The lowest BCUT2D eigenvalue weighted by Gasteiger charge is -2.31. The van der Waals surface area contributed by atoms with Gasteiger partial charge in [0.1, 0.15) is 0 Å². The smallest absolute Gasteiger partial charge is 0.242 e. The van der Waals surface area contributed by atoms with Gasteiger partial charge in [-0.2, -0.15) is 0 Å². The van der Waals surface area contributed by atoms with Crippen molar-refractivity contribution in [1.29, 1.82) is 0 Å². The fraction of sp³-hybridized carbons (Fsp3) is 0.909. The molecule has 3 nitrogen and oxygen atoms in total. The van der Waals surface area contributed by atoms with E-state index in [-0.39, 0.29) is 5.54 Å². The molecule has 0 aromatic carbocycles. The highest BCUT2D eigenvalue weighted by molar-refractivity contribution is 5.86. The average Bonchev–Trinajstić information content (AvgIpc) is 2.89. The van der Waals surface area contributed by atoms with Gasteiger partial charge in [-0.1, -0.05) is 6.92 Å². The molecule has 1 N–H and O–H groups in total. The molecule has 0 aromatic heterocycles. The van der Waals surface area contributed by atoms with Crippen molar-refractivity contribution >= 4 is 5.91 Å². The van der Waals surface area contributed by atoms with Crippen LogP contribution in [0.25, 0.3) is 0 Å². The number of carbonyl (C=O) groups is 1. The quantitative estimate of drug-likeness (QED) is 0.718. The van der Waals surface area contributed by atoms with Crippen LogP contribution in [0, 0.1) is 0 Å². The minimum atomic E-state index is -0.204. The molecule has 2 saturated heterocycles. The van der Waals surface area contributed by atoms with Crippen molar-refractivity contribution in [2.45, 2.75) is 44.6 Å². The highest BCUT2D eigenvalue weighted by atomic mass is 16.2. The summed E-state index contributed by atoms with van der Waals surface area (Å²) in [6.45, 7) is 5.07. The molecule has 0 bridgehead atoms. The zero-order valence-corrected chi connectivity index (χ0v) is 9.01. The van der Waals surface area contributed by atoms with E-state index in [9.17, 15) is 4.79 Å². The van der Waals surface area contributed by atoms with Crippen LogP contribution < -0.4 is 5.32 Å². The first-order chi connectivity index (χ1) is 6.78. The fourth-order valence-corrected chi connectivity index (χ4v) is 2.66. The first kappa shape index (κ1) is 9.97. The molecule has 2 fully saturated rings. The van der Waals surface area contributed by atoms with Crippen molar-refractivity contribution in [3.63, 3.8) is 0 Å². The summed E-state index contributed by atoms with van der Waals surface area (Å²) in [7, 11) is 0. The third-order valence-corrected chi connectivity index (χ3v) is 3.65. The Balaban J connectivity index is 2.06. The lowest BCUT2D eigenvalue weighted by molar-refractivity contribution is -0.136. The van der Waals surface area contributed by atoms with Crippen LogP contribution in [0.2, 0.25) is 0 Å². The summed E-state index contributed by atoms with van der Waals surface area (Å²) in [5.74, 6) is 0.356. The number of amides is 1. The van der Waals surface area contributed by atoms with E-state index < -0.39 is 0 Å². The van der Waals surface area contributed by atoms with Gasteiger partial charge in [-0.25, -0.2) is 0 Å². The molecule has 2 aliphatic rings. The third-order valence-electron chi connectivity index (χ3n) is 3.65. The number of rotatable bonds is 2. The van der Waals surface area contributed by atoms with Crippen molar-refractivity contribution in [3.05, 3.63) is 0 Å². The van der Waals surface area contributed by atoms with Crippen LogP contribution in [-0.2, 0) is 4.79 Å². The molecule has 0 radical (unpaired) electrons. The zero-order chi connectivity index (χ0) is 10.0. The normalized spacial score (nSPS) is 32.5. The minimum Gasteiger partial charge on any atom is -0.341 e. The van der Waals surface area contributed by atoms with E-state index in [4.69, 9.17) is 0 Å². The van der Waals surface area contributed by atoms with Gasteiger partial charge in [-0.05, 0) is 38.6 Å². The maximum absolute atomic E-state index is 12.3. The molecule has 2 heterocycles. The van der Waals surface area contributed by atoms with Crippen molar-refractivity contribution in [3.8, 4) is 0 Å². The lowest BCUT2D eigenvalue weighted by Crippen LogP contribution is -2.53. The Morgan fingerprint density at radius 3 is 2.57 bits per heavy atom. The van der Waals surface area contributed by atoms with E-state index in [0.29, 0.717) is 5.91 Å². The maximum Gasteiger partial charge on any atom is 0.242 e. The van der Waals surface area contributed by atoms with Crippen molar-refractivity contribution in [1.82, 2.24) is 10.2 Å². The molecule has 80 valence electrons. The van der Waals surface area contributed by atoms with E-state index in [0.717, 1.165) is 38.9 Å². The van der Waals surface area contributed by atoms with Gasteiger partial charge in [-0.15, -0.1) is 0 Å². The van der Waals surface area contributed by atoms with Crippen LogP contribution in [0.4, 0.5) is 0 Å². The van der Waals surface area contributed by atoms with Crippen LogP contribution in [0.1, 0.15) is 39.0 Å². The standard InChI is InChI=1S/C11H20N2O/c1-2-11(6-5-7-12-11)10(14)13-8-3-4-9-13/h12H,2-9H2,1H3. The minimum absolute atomic E-state index is 0.204. The number of carbonyl (C=O) groups excluding carboxylic acids is 1. The van der Waals surface area contributed by atoms with Gasteiger partial charge in [0.2, 0.25) is 5.91 Å². The Morgan fingerprint density at radius 1 is 1.36 bits per heavy atom. The van der Waals surface area contributed by atoms with Gasteiger partial charge in [0, 0.05) is 13.1 Å². The molecule has 0 aliphatic carbocycles. The van der Waals surface area contributed by atoms with Crippen LogP contribution >= 0.6 is 0 Å². The summed E-state index contributed by atoms with van der Waals surface area (Å²) in [6, 6.07) is 0. The summed E-state index contributed by atoms with van der Waals surface area (Å²) in [4.78, 5) is 14.3. The molecule has 0 saturated carbocycles. The first-order valence-corrected chi connectivity index (χ1v) is 5.83. The summed E-state index contributed by atoms with van der Waals surface area (Å²) in [5.41, 5.74) is -0.204. The highest BCUT2D eigenvalue weighted by Crippen LogP contribution is 2.26. The van der Waals surface area contributed by atoms with E-state index in [1.807, 2.05) is 4.90 Å². The van der Waals surface area contributed by atoms with Crippen LogP contribution in [0.5, 0.6) is 0 Å². The summed E-state index contributed by atoms with van der Waals surface area (Å²) >= 11 is 0. The number of likely N-dealkylation sites (tertiary alicyclic amines) is 1. The zero-order valence-electron chi connectivity index (χ0n) is 9.01. The van der Waals surface area contributed by atoms with Crippen molar-refractivity contribution < 1.29 is 4.79 Å². The molecule has 1 unspecified atom stereocenters. The van der Waals surface area contributed by atoms with E-state index >= 15 is 0 Å². The second-order valence-corrected chi connectivity index (χ2v) is 4.47. The number of nitrogens with one attached hydrogen (secondary N) is 1. The summed E-state index contributed by atoms with van der Waals surface area (Å²) in [5, 5.41) is 3.41.